The first kappa shape index (κ1) is 21.6. The summed E-state index contributed by atoms with van der Waals surface area (Å²) in [6.07, 6.45) is -1.41. The Bertz CT molecular complexity index is 1170. The maximum Gasteiger partial charge on any atom is 0.416 e. The van der Waals surface area contributed by atoms with Gasteiger partial charge in [-0.25, -0.2) is 9.97 Å². The van der Waals surface area contributed by atoms with Gasteiger partial charge in [0.2, 0.25) is 11.9 Å². The molecule has 1 aliphatic rings. The molecule has 4 rings (SSSR count). The van der Waals surface area contributed by atoms with Gasteiger partial charge < -0.3 is 16.4 Å². The fourth-order valence-electron chi connectivity index (χ4n) is 3.62. The molecule has 0 unspecified atom stereocenters. The summed E-state index contributed by atoms with van der Waals surface area (Å²) in [6.45, 7) is 0.840. The number of anilines is 4. The number of amides is 1. The largest absolute Gasteiger partial charge is 0.416 e. The molecule has 0 aliphatic carbocycles. The van der Waals surface area contributed by atoms with E-state index >= 15 is 0 Å². The van der Waals surface area contributed by atoms with E-state index in [1.54, 1.807) is 19.3 Å². The van der Waals surface area contributed by atoms with Gasteiger partial charge in [0.05, 0.1) is 17.3 Å². The topological polar surface area (TPSA) is 109 Å². The highest BCUT2D eigenvalue weighted by atomic mass is 19.4. The van der Waals surface area contributed by atoms with Gasteiger partial charge in [0.25, 0.3) is 0 Å². The number of benzene rings is 1. The molecule has 0 saturated carbocycles. The molecular formula is C21H22F3N7O. The number of hydrogen-bond donors (Lipinski definition) is 3. The monoisotopic (exact) mass is 445 g/mol. The number of nitrogen functional groups attached to an aromatic ring is 1. The Morgan fingerprint density at radius 2 is 2.00 bits per heavy atom. The maximum atomic E-state index is 13.1. The van der Waals surface area contributed by atoms with Crippen molar-refractivity contribution in [2.75, 3.05) is 41.4 Å². The summed E-state index contributed by atoms with van der Waals surface area (Å²) in [6, 6.07) is 5.30. The Morgan fingerprint density at radius 3 is 2.69 bits per heavy atom. The van der Waals surface area contributed by atoms with Crippen molar-refractivity contribution < 1.29 is 18.0 Å². The van der Waals surface area contributed by atoms with E-state index in [0.717, 1.165) is 18.6 Å². The van der Waals surface area contributed by atoms with Gasteiger partial charge in [-0.2, -0.15) is 18.2 Å². The van der Waals surface area contributed by atoms with Crippen molar-refractivity contribution in [2.24, 2.45) is 0 Å². The molecule has 4 N–H and O–H groups in total. The molecule has 0 bridgehead atoms. The lowest BCUT2D eigenvalue weighted by molar-refractivity contribution is -0.137. The predicted octanol–water partition coefficient (Wildman–Crippen LogP) is 3.45. The third kappa shape index (κ3) is 4.51. The minimum atomic E-state index is -4.46. The molecule has 3 aromatic rings. The van der Waals surface area contributed by atoms with Crippen LogP contribution < -0.4 is 21.3 Å². The lowest BCUT2D eigenvalue weighted by Gasteiger charge is -2.17. The van der Waals surface area contributed by atoms with E-state index in [0.29, 0.717) is 54.0 Å². The van der Waals surface area contributed by atoms with E-state index in [-0.39, 0.29) is 17.5 Å². The standard InChI is InChI=1S/C21H22F3N7O/c1-26-17-10-15-16(11-28-17)29-20(31-6-2-3-18(31)32)30-19(15)27-5-4-12-7-13(21(22,23)24)9-14(25)8-12/h7-11H,2-6,25H2,1H3,(H,26,28)(H,27,29,30). The molecule has 8 nitrogen and oxygen atoms in total. The molecule has 1 aliphatic heterocycles. The zero-order valence-corrected chi connectivity index (χ0v) is 17.3. The van der Waals surface area contributed by atoms with Gasteiger partial charge in [0.15, 0.2) is 0 Å². The Balaban J connectivity index is 1.61. The zero-order chi connectivity index (χ0) is 22.9. The van der Waals surface area contributed by atoms with Gasteiger partial charge in [-0.3, -0.25) is 9.69 Å². The number of pyridine rings is 1. The van der Waals surface area contributed by atoms with Gasteiger partial charge in [0.1, 0.15) is 11.6 Å². The molecular weight excluding hydrogens is 423 g/mol. The molecule has 0 spiro atoms. The van der Waals surface area contributed by atoms with Crippen molar-refractivity contribution in [1.82, 2.24) is 15.0 Å². The van der Waals surface area contributed by atoms with Crippen LogP contribution in [0.25, 0.3) is 10.9 Å². The van der Waals surface area contributed by atoms with Crippen LogP contribution in [-0.4, -0.2) is 41.0 Å². The SMILES string of the molecule is CNc1cc2c(NCCc3cc(N)cc(C(F)(F)F)c3)nc(N3CCCC3=O)nc2cn1. The number of rotatable bonds is 6. The fourth-order valence-corrected chi connectivity index (χ4v) is 3.62. The van der Waals surface area contributed by atoms with Crippen LogP contribution in [0.4, 0.5) is 36.4 Å². The summed E-state index contributed by atoms with van der Waals surface area (Å²) in [5, 5.41) is 6.81. The van der Waals surface area contributed by atoms with Crippen molar-refractivity contribution in [1.29, 1.82) is 0 Å². The number of nitrogens with two attached hydrogens (primary N) is 1. The van der Waals surface area contributed by atoms with Crippen molar-refractivity contribution >= 4 is 40.1 Å². The number of carbonyl (C=O) groups excluding carboxylic acids is 1. The Labute approximate surface area is 182 Å². The fraction of sp³-hybridized carbons (Fsp3) is 0.333. The summed E-state index contributed by atoms with van der Waals surface area (Å²) in [5.74, 6) is 1.32. The summed E-state index contributed by atoms with van der Waals surface area (Å²) in [4.78, 5) is 27.0. The molecule has 3 heterocycles. The predicted molar refractivity (Wildman–Crippen MR) is 117 cm³/mol. The van der Waals surface area contributed by atoms with Crippen LogP contribution in [0.3, 0.4) is 0 Å². The third-order valence-corrected chi connectivity index (χ3v) is 5.19. The smallest absolute Gasteiger partial charge is 0.399 e. The van der Waals surface area contributed by atoms with Crippen molar-refractivity contribution in [3.05, 3.63) is 41.6 Å². The van der Waals surface area contributed by atoms with Gasteiger partial charge in [-0.1, -0.05) is 0 Å². The van der Waals surface area contributed by atoms with E-state index in [9.17, 15) is 18.0 Å². The minimum absolute atomic E-state index is 0.0467. The van der Waals surface area contributed by atoms with Crippen LogP contribution >= 0.6 is 0 Å². The molecule has 1 saturated heterocycles. The highest BCUT2D eigenvalue weighted by molar-refractivity contribution is 5.97. The average molecular weight is 445 g/mol. The van der Waals surface area contributed by atoms with Crippen LogP contribution in [0.1, 0.15) is 24.0 Å². The van der Waals surface area contributed by atoms with Crippen LogP contribution in [0.5, 0.6) is 0 Å². The normalized spacial score (nSPS) is 14.2. The number of fused-ring (bicyclic) bond motifs is 1. The second-order valence-corrected chi connectivity index (χ2v) is 7.50. The number of nitrogens with one attached hydrogen (secondary N) is 2. The van der Waals surface area contributed by atoms with E-state index in [1.807, 2.05) is 0 Å². The summed E-state index contributed by atoms with van der Waals surface area (Å²) in [7, 11) is 1.73. The van der Waals surface area contributed by atoms with E-state index < -0.39 is 11.7 Å². The molecule has 1 amide bonds. The van der Waals surface area contributed by atoms with Crippen molar-refractivity contribution in [3.8, 4) is 0 Å². The van der Waals surface area contributed by atoms with Crippen molar-refractivity contribution in [3.63, 3.8) is 0 Å². The number of halogens is 3. The van der Waals surface area contributed by atoms with Gasteiger partial charge in [-0.15, -0.1) is 0 Å². The van der Waals surface area contributed by atoms with Crippen LogP contribution in [0.2, 0.25) is 0 Å². The minimum Gasteiger partial charge on any atom is -0.399 e. The lowest BCUT2D eigenvalue weighted by Crippen LogP contribution is -2.26. The molecule has 1 fully saturated rings. The van der Waals surface area contributed by atoms with Crippen LogP contribution in [-0.2, 0) is 17.4 Å². The Hall–Kier alpha value is -3.63. The van der Waals surface area contributed by atoms with Gasteiger partial charge >= 0.3 is 6.18 Å². The average Bonchev–Trinajstić information content (AvgIpc) is 3.18. The highest BCUT2D eigenvalue weighted by Gasteiger charge is 2.31. The van der Waals surface area contributed by atoms with Crippen LogP contribution in [0.15, 0.2) is 30.5 Å². The van der Waals surface area contributed by atoms with E-state index in [4.69, 9.17) is 5.73 Å². The number of hydrogen-bond acceptors (Lipinski definition) is 7. The second kappa shape index (κ2) is 8.48. The third-order valence-electron chi connectivity index (χ3n) is 5.19. The summed E-state index contributed by atoms with van der Waals surface area (Å²) >= 11 is 0. The van der Waals surface area contributed by atoms with Gasteiger partial charge in [0, 0.05) is 37.6 Å². The molecule has 2 aromatic heterocycles. The number of alkyl halides is 3. The summed E-state index contributed by atoms with van der Waals surface area (Å²) < 4.78 is 39.2. The van der Waals surface area contributed by atoms with Gasteiger partial charge in [-0.05, 0) is 42.7 Å². The Kier molecular flexibility index (Phi) is 5.72. The summed E-state index contributed by atoms with van der Waals surface area (Å²) in [5.41, 5.74) is 5.94. The number of nitrogens with zero attached hydrogens (tertiary/aromatic N) is 4. The van der Waals surface area contributed by atoms with Crippen LogP contribution in [0, 0.1) is 0 Å². The highest BCUT2D eigenvalue weighted by Crippen LogP contribution is 2.32. The number of aromatic nitrogens is 3. The first-order chi connectivity index (χ1) is 15.2. The maximum absolute atomic E-state index is 13.1. The molecule has 32 heavy (non-hydrogen) atoms. The first-order valence-electron chi connectivity index (χ1n) is 10.1. The molecule has 0 atom stereocenters. The molecule has 0 radical (unpaired) electrons. The zero-order valence-electron chi connectivity index (χ0n) is 17.3. The van der Waals surface area contributed by atoms with E-state index in [1.165, 1.54) is 11.0 Å². The Morgan fingerprint density at radius 1 is 1.19 bits per heavy atom. The van der Waals surface area contributed by atoms with Crippen molar-refractivity contribution in [2.45, 2.75) is 25.4 Å². The molecule has 11 heteroatoms. The second-order valence-electron chi connectivity index (χ2n) is 7.50. The molecule has 1 aromatic carbocycles. The number of carbonyl (C=O) groups is 1. The first-order valence-corrected chi connectivity index (χ1v) is 10.1. The lowest BCUT2D eigenvalue weighted by atomic mass is 10.1. The van der Waals surface area contributed by atoms with E-state index in [2.05, 4.69) is 25.6 Å². The molecule has 168 valence electrons. The quantitative estimate of drug-likeness (QED) is 0.499.